The second-order valence-corrected chi connectivity index (χ2v) is 8.88. The Balaban J connectivity index is 1.51. The highest BCUT2D eigenvalue weighted by Crippen LogP contribution is 2.36. The van der Waals surface area contributed by atoms with E-state index in [4.69, 9.17) is 9.72 Å². The van der Waals surface area contributed by atoms with Crippen molar-refractivity contribution in [1.29, 1.82) is 0 Å². The van der Waals surface area contributed by atoms with Crippen LogP contribution in [0.25, 0.3) is 22.9 Å². The predicted molar refractivity (Wildman–Crippen MR) is 120 cm³/mol. The lowest BCUT2D eigenvalue weighted by Crippen LogP contribution is -2.45. The standard InChI is InChI=1S/C23H31N7O/c1-16(2)30-23(24-15-25-30)20-14-29-11-12-31-21-6-5-18(13-19(21)22(29)26-20)17(3)28-9-7-27(4)8-10-28/h5-6,13-17H,7-12H2,1-4H3/t17-/m0/s1. The van der Waals surface area contributed by atoms with Gasteiger partial charge in [0.2, 0.25) is 0 Å². The molecule has 31 heavy (non-hydrogen) atoms. The van der Waals surface area contributed by atoms with Gasteiger partial charge in [0.15, 0.2) is 5.82 Å². The fourth-order valence-electron chi connectivity index (χ4n) is 4.50. The summed E-state index contributed by atoms with van der Waals surface area (Å²) in [7, 11) is 2.19. The molecule has 8 heteroatoms. The van der Waals surface area contributed by atoms with Gasteiger partial charge in [-0.3, -0.25) is 4.90 Å². The van der Waals surface area contributed by atoms with Crippen LogP contribution >= 0.6 is 0 Å². The minimum Gasteiger partial charge on any atom is -0.491 e. The van der Waals surface area contributed by atoms with Crippen molar-refractivity contribution < 1.29 is 4.74 Å². The monoisotopic (exact) mass is 421 g/mol. The van der Waals surface area contributed by atoms with Crippen LogP contribution in [0.1, 0.15) is 38.4 Å². The fraction of sp³-hybridized carbons (Fsp3) is 0.522. The van der Waals surface area contributed by atoms with Gasteiger partial charge in [0.05, 0.1) is 12.1 Å². The number of hydrogen-bond acceptors (Lipinski definition) is 6. The summed E-state index contributed by atoms with van der Waals surface area (Å²) < 4.78 is 10.2. The van der Waals surface area contributed by atoms with E-state index in [1.54, 1.807) is 6.33 Å². The lowest BCUT2D eigenvalue weighted by atomic mass is 10.0. The Kier molecular flexibility index (Phi) is 5.27. The molecule has 0 aliphatic carbocycles. The molecule has 0 unspecified atom stereocenters. The Morgan fingerprint density at radius 2 is 1.81 bits per heavy atom. The van der Waals surface area contributed by atoms with Crippen molar-refractivity contribution in [3.63, 3.8) is 0 Å². The van der Waals surface area contributed by atoms with Gasteiger partial charge in [0.25, 0.3) is 0 Å². The van der Waals surface area contributed by atoms with Crippen molar-refractivity contribution >= 4 is 0 Å². The zero-order valence-electron chi connectivity index (χ0n) is 18.8. The van der Waals surface area contributed by atoms with Crippen molar-refractivity contribution in [2.45, 2.75) is 39.4 Å². The van der Waals surface area contributed by atoms with E-state index in [1.165, 1.54) is 5.56 Å². The maximum atomic E-state index is 6.06. The number of nitrogens with zero attached hydrogens (tertiary/aromatic N) is 7. The molecule has 0 amide bonds. The summed E-state index contributed by atoms with van der Waals surface area (Å²) in [6, 6.07) is 7.16. The molecule has 1 aromatic carbocycles. The summed E-state index contributed by atoms with van der Waals surface area (Å²) in [4.78, 5) is 14.4. The van der Waals surface area contributed by atoms with E-state index in [0.717, 1.165) is 61.4 Å². The van der Waals surface area contributed by atoms with Crippen molar-refractivity contribution in [1.82, 2.24) is 34.1 Å². The number of fused-ring (bicyclic) bond motifs is 3. The molecule has 0 radical (unpaired) electrons. The third-order valence-electron chi connectivity index (χ3n) is 6.47. The van der Waals surface area contributed by atoms with Crippen LogP contribution in [0.2, 0.25) is 0 Å². The van der Waals surface area contributed by atoms with Gasteiger partial charge in [0.1, 0.15) is 30.2 Å². The number of likely N-dealkylation sites (N-methyl/N-ethyl adjacent to an activating group) is 1. The van der Waals surface area contributed by atoms with Crippen LogP contribution in [0.15, 0.2) is 30.7 Å². The summed E-state index contributed by atoms with van der Waals surface area (Å²) in [5, 5.41) is 4.38. The maximum Gasteiger partial charge on any atom is 0.178 e. The molecule has 5 rings (SSSR count). The Bertz CT molecular complexity index is 1060. The van der Waals surface area contributed by atoms with Gasteiger partial charge in [-0.2, -0.15) is 5.10 Å². The van der Waals surface area contributed by atoms with Crippen LogP contribution in [0.3, 0.4) is 0 Å². The summed E-state index contributed by atoms with van der Waals surface area (Å²) in [5.41, 5.74) is 3.21. The Morgan fingerprint density at radius 3 is 2.58 bits per heavy atom. The number of ether oxygens (including phenoxy) is 1. The summed E-state index contributed by atoms with van der Waals surface area (Å²) in [6.07, 6.45) is 3.68. The molecule has 1 saturated heterocycles. The van der Waals surface area contributed by atoms with Crippen LogP contribution in [-0.2, 0) is 6.54 Å². The molecule has 3 aromatic rings. The number of imidazole rings is 1. The van der Waals surface area contributed by atoms with Crippen LogP contribution in [0.4, 0.5) is 0 Å². The molecule has 4 heterocycles. The van der Waals surface area contributed by atoms with Crippen molar-refractivity contribution in [3.05, 3.63) is 36.3 Å². The van der Waals surface area contributed by atoms with E-state index in [2.05, 4.69) is 76.7 Å². The van der Waals surface area contributed by atoms with E-state index in [-0.39, 0.29) is 6.04 Å². The first-order chi connectivity index (χ1) is 15.0. The third-order valence-corrected chi connectivity index (χ3v) is 6.47. The van der Waals surface area contributed by atoms with Gasteiger partial charge < -0.3 is 14.2 Å². The van der Waals surface area contributed by atoms with E-state index in [0.29, 0.717) is 12.6 Å². The van der Waals surface area contributed by atoms with Crippen LogP contribution in [0.5, 0.6) is 5.75 Å². The molecule has 1 fully saturated rings. The first kappa shape index (κ1) is 20.2. The first-order valence-electron chi connectivity index (χ1n) is 11.2. The van der Waals surface area contributed by atoms with Gasteiger partial charge in [-0.25, -0.2) is 14.6 Å². The van der Waals surface area contributed by atoms with Gasteiger partial charge in [-0.15, -0.1) is 0 Å². The Morgan fingerprint density at radius 1 is 1.00 bits per heavy atom. The molecule has 0 saturated carbocycles. The molecular weight excluding hydrogens is 390 g/mol. The molecule has 8 nitrogen and oxygen atoms in total. The summed E-state index contributed by atoms with van der Waals surface area (Å²) >= 11 is 0. The normalized spacial score (nSPS) is 18.4. The second kappa shape index (κ2) is 8.09. The maximum absolute atomic E-state index is 6.06. The van der Waals surface area contributed by atoms with Crippen LogP contribution in [0, 0.1) is 0 Å². The van der Waals surface area contributed by atoms with E-state index < -0.39 is 0 Å². The SMILES string of the molecule is CC(C)n1ncnc1-c1cn2c(n1)-c1cc([C@H](C)N3CCN(C)CC3)ccc1OCC2. The third kappa shape index (κ3) is 3.74. The Hall–Kier alpha value is -2.71. The molecule has 0 bridgehead atoms. The molecule has 2 aliphatic rings. The first-order valence-corrected chi connectivity index (χ1v) is 11.2. The number of hydrogen-bond donors (Lipinski definition) is 0. The van der Waals surface area contributed by atoms with Crippen LogP contribution < -0.4 is 4.74 Å². The van der Waals surface area contributed by atoms with E-state index in [9.17, 15) is 0 Å². The number of piperazine rings is 1. The van der Waals surface area contributed by atoms with Gasteiger partial charge >= 0.3 is 0 Å². The molecule has 164 valence electrons. The minimum atomic E-state index is 0.227. The predicted octanol–water partition coefficient (Wildman–Crippen LogP) is 3.09. The fourth-order valence-corrected chi connectivity index (χ4v) is 4.50. The molecule has 2 aliphatic heterocycles. The highest BCUT2D eigenvalue weighted by Gasteiger charge is 2.25. The smallest absolute Gasteiger partial charge is 0.178 e. The number of aromatic nitrogens is 5. The Labute approximate surface area is 183 Å². The average molecular weight is 422 g/mol. The largest absolute Gasteiger partial charge is 0.491 e. The lowest BCUT2D eigenvalue weighted by Gasteiger charge is -2.36. The van der Waals surface area contributed by atoms with Gasteiger partial charge in [-0.1, -0.05) is 6.07 Å². The van der Waals surface area contributed by atoms with Crippen LogP contribution in [-0.4, -0.2) is 73.9 Å². The number of benzene rings is 1. The highest BCUT2D eigenvalue weighted by molar-refractivity contribution is 5.69. The average Bonchev–Trinajstić information content (AvgIpc) is 3.38. The second-order valence-electron chi connectivity index (χ2n) is 8.88. The van der Waals surface area contributed by atoms with E-state index in [1.807, 2.05) is 4.68 Å². The van der Waals surface area contributed by atoms with Crippen molar-refractivity contribution in [2.24, 2.45) is 0 Å². The molecule has 2 aromatic heterocycles. The number of rotatable bonds is 4. The zero-order valence-corrected chi connectivity index (χ0v) is 18.8. The molecule has 0 spiro atoms. The zero-order chi connectivity index (χ0) is 21.5. The topological polar surface area (TPSA) is 64.2 Å². The summed E-state index contributed by atoms with van der Waals surface area (Å²) in [6.45, 7) is 12.3. The highest BCUT2D eigenvalue weighted by atomic mass is 16.5. The minimum absolute atomic E-state index is 0.227. The lowest BCUT2D eigenvalue weighted by molar-refractivity contribution is 0.119. The van der Waals surface area contributed by atoms with E-state index >= 15 is 0 Å². The van der Waals surface area contributed by atoms with Gasteiger partial charge in [0, 0.05) is 44.5 Å². The molecule has 1 atom stereocenters. The van der Waals surface area contributed by atoms with Crippen molar-refractivity contribution in [2.75, 3.05) is 39.8 Å². The summed E-state index contributed by atoms with van der Waals surface area (Å²) in [5.74, 6) is 2.64. The van der Waals surface area contributed by atoms with Gasteiger partial charge in [-0.05, 0) is 45.5 Å². The molecular formula is C23H31N7O. The quantitative estimate of drug-likeness (QED) is 0.645. The molecule has 0 N–H and O–H groups in total. The van der Waals surface area contributed by atoms with Crippen molar-refractivity contribution in [3.8, 4) is 28.7 Å².